The predicted molar refractivity (Wildman–Crippen MR) is 87.1 cm³/mol. The molecule has 21 heavy (non-hydrogen) atoms. The molecule has 1 N–H and O–H groups in total. The minimum absolute atomic E-state index is 0.236. The van der Waals surface area contributed by atoms with Gasteiger partial charge >= 0.3 is 0 Å². The molecular weight excluding hydrogens is 286 g/mol. The van der Waals surface area contributed by atoms with Crippen molar-refractivity contribution >= 4 is 11.6 Å². The third-order valence-corrected chi connectivity index (χ3v) is 3.02. The minimum Gasteiger partial charge on any atom is -0.316 e. The second kappa shape index (κ2) is 9.47. The average Bonchev–Trinajstić information content (AvgIpc) is 2.99. The molecule has 1 aromatic heterocycles. The van der Waals surface area contributed by atoms with Gasteiger partial charge in [-0.1, -0.05) is 45.4 Å². The number of rotatable bonds is 6. The van der Waals surface area contributed by atoms with Gasteiger partial charge in [0.2, 0.25) is 0 Å². The predicted octanol–water partition coefficient (Wildman–Crippen LogP) is 3.45. The van der Waals surface area contributed by atoms with Crippen LogP contribution in [0, 0.1) is 0 Å². The molecule has 0 spiro atoms. The molecule has 1 aromatic carbocycles. The zero-order valence-electron chi connectivity index (χ0n) is 13.2. The molecule has 0 aliphatic carbocycles. The van der Waals surface area contributed by atoms with Gasteiger partial charge < -0.3 is 5.32 Å². The van der Waals surface area contributed by atoms with Crippen LogP contribution in [0.5, 0.6) is 0 Å². The number of nitrogens with zero attached hydrogens (tertiary/aromatic N) is 4. The molecule has 1 atom stereocenters. The molecule has 6 heteroatoms. The number of nitrogens with one attached hydrogen (secondary N) is 1. The summed E-state index contributed by atoms with van der Waals surface area (Å²) < 4.78 is 0. The fourth-order valence-corrected chi connectivity index (χ4v) is 1.90. The number of tetrazole rings is 1. The molecule has 1 unspecified atom stereocenters. The third kappa shape index (κ3) is 5.44. The first-order valence-electron chi connectivity index (χ1n) is 7.47. The van der Waals surface area contributed by atoms with Gasteiger partial charge in [-0.15, -0.1) is 15.0 Å². The topological polar surface area (TPSA) is 55.6 Å². The van der Waals surface area contributed by atoms with Crippen molar-refractivity contribution in [1.82, 2.24) is 25.5 Å². The number of aromatic nitrogens is 4. The fourth-order valence-electron chi connectivity index (χ4n) is 1.72. The number of hydrogen-bond acceptors (Lipinski definition) is 4. The number of hydrogen-bond donors (Lipinski definition) is 1. The van der Waals surface area contributed by atoms with Crippen LogP contribution in [0.1, 0.15) is 45.9 Å². The minimum atomic E-state index is 0.236. The summed E-state index contributed by atoms with van der Waals surface area (Å²) in [6.07, 6.45) is 1.12. The first kappa shape index (κ1) is 17.6. The molecule has 0 aliphatic heterocycles. The molecule has 2 rings (SSSR count). The summed E-state index contributed by atoms with van der Waals surface area (Å²) in [4.78, 5) is 1.51. The van der Waals surface area contributed by atoms with Gasteiger partial charge in [0.05, 0.1) is 5.69 Å². The van der Waals surface area contributed by atoms with Crippen molar-refractivity contribution in [3.63, 3.8) is 0 Å². The zero-order valence-corrected chi connectivity index (χ0v) is 13.9. The summed E-state index contributed by atoms with van der Waals surface area (Å²) in [5.41, 5.74) is 0.819. The van der Waals surface area contributed by atoms with E-state index in [0.29, 0.717) is 5.02 Å². The van der Waals surface area contributed by atoms with Crippen LogP contribution in [0.4, 0.5) is 0 Å². The second-order valence-electron chi connectivity index (χ2n) is 4.52. The summed E-state index contributed by atoms with van der Waals surface area (Å²) in [5.74, 6) is 0.975. The van der Waals surface area contributed by atoms with E-state index in [-0.39, 0.29) is 5.92 Å². The lowest BCUT2D eigenvalue weighted by molar-refractivity contribution is 0.586. The normalized spacial score (nSPS) is 11.7. The van der Waals surface area contributed by atoms with Gasteiger partial charge in [-0.05, 0) is 36.4 Å². The lowest BCUT2D eigenvalue weighted by Gasteiger charge is -2.07. The van der Waals surface area contributed by atoms with Crippen molar-refractivity contribution in [1.29, 1.82) is 0 Å². The summed E-state index contributed by atoms with van der Waals surface area (Å²) >= 11 is 5.95. The third-order valence-electron chi connectivity index (χ3n) is 2.79. The summed E-state index contributed by atoms with van der Waals surface area (Å²) in [6.45, 7) is 10.1. The summed E-state index contributed by atoms with van der Waals surface area (Å²) in [7, 11) is 0. The Morgan fingerprint density at radius 3 is 2.76 bits per heavy atom. The van der Waals surface area contributed by atoms with E-state index in [1.54, 1.807) is 0 Å². The van der Waals surface area contributed by atoms with Crippen LogP contribution >= 0.6 is 11.6 Å². The van der Waals surface area contributed by atoms with Gasteiger partial charge in [0.1, 0.15) is 0 Å². The Hall–Kier alpha value is -1.46. The van der Waals surface area contributed by atoms with E-state index >= 15 is 0 Å². The molecule has 2 aromatic rings. The van der Waals surface area contributed by atoms with Crippen molar-refractivity contribution in [3.8, 4) is 5.69 Å². The Bertz CT molecular complexity index is 526. The molecule has 0 fully saturated rings. The molecule has 0 saturated heterocycles. The summed E-state index contributed by atoms with van der Waals surface area (Å²) in [5, 5.41) is 16.6. The summed E-state index contributed by atoms with van der Waals surface area (Å²) in [6, 6.07) is 7.40. The van der Waals surface area contributed by atoms with Crippen LogP contribution in [0.15, 0.2) is 24.3 Å². The molecular formula is C15H24ClN5. The van der Waals surface area contributed by atoms with Gasteiger partial charge in [-0.2, -0.15) is 0 Å². The van der Waals surface area contributed by atoms with Crippen molar-refractivity contribution in [2.75, 3.05) is 13.1 Å². The maximum atomic E-state index is 5.95. The standard InChI is InChI=1S/C13H18ClN5.C2H6/c1-3-7-15-9-10(2)13-16-18-19(17-13)12-6-4-5-11(14)8-12;1-2/h4-6,8,10,15H,3,7,9H2,1-2H3;1-2H3. The molecule has 1 heterocycles. The Morgan fingerprint density at radius 1 is 1.33 bits per heavy atom. The van der Waals surface area contributed by atoms with Crippen LogP contribution in [0.25, 0.3) is 5.69 Å². The largest absolute Gasteiger partial charge is 0.316 e. The van der Waals surface area contributed by atoms with E-state index in [4.69, 9.17) is 11.6 Å². The highest BCUT2D eigenvalue weighted by atomic mass is 35.5. The van der Waals surface area contributed by atoms with E-state index in [0.717, 1.165) is 31.0 Å². The van der Waals surface area contributed by atoms with E-state index in [9.17, 15) is 0 Å². The molecule has 0 amide bonds. The van der Waals surface area contributed by atoms with Crippen molar-refractivity contribution in [2.24, 2.45) is 0 Å². The Balaban J connectivity index is 0.00000106. The van der Waals surface area contributed by atoms with Crippen LogP contribution < -0.4 is 5.32 Å². The van der Waals surface area contributed by atoms with Gasteiger partial charge in [0.25, 0.3) is 0 Å². The van der Waals surface area contributed by atoms with Gasteiger partial charge in [0, 0.05) is 17.5 Å². The van der Waals surface area contributed by atoms with Crippen molar-refractivity contribution < 1.29 is 0 Å². The van der Waals surface area contributed by atoms with Gasteiger partial charge in [0.15, 0.2) is 5.82 Å². The number of benzene rings is 1. The molecule has 0 bridgehead atoms. The quantitative estimate of drug-likeness (QED) is 0.830. The molecule has 5 nitrogen and oxygen atoms in total. The molecule has 116 valence electrons. The molecule has 0 radical (unpaired) electrons. The average molecular weight is 310 g/mol. The first-order valence-corrected chi connectivity index (χ1v) is 7.85. The zero-order chi connectivity index (χ0) is 15.7. The van der Waals surface area contributed by atoms with E-state index < -0.39 is 0 Å². The molecule has 0 aliphatic rings. The van der Waals surface area contributed by atoms with Gasteiger partial charge in [-0.3, -0.25) is 0 Å². The van der Waals surface area contributed by atoms with E-state index in [1.165, 1.54) is 4.80 Å². The Labute approximate surface area is 131 Å². The molecule has 0 saturated carbocycles. The fraction of sp³-hybridized carbons (Fsp3) is 0.533. The van der Waals surface area contributed by atoms with Crippen LogP contribution in [0.2, 0.25) is 5.02 Å². The Morgan fingerprint density at radius 2 is 2.10 bits per heavy atom. The van der Waals surface area contributed by atoms with Gasteiger partial charge in [-0.25, -0.2) is 0 Å². The van der Waals surface area contributed by atoms with Crippen LogP contribution in [-0.2, 0) is 0 Å². The van der Waals surface area contributed by atoms with E-state index in [2.05, 4.69) is 34.6 Å². The maximum Gasteiger partial charge on any atom is 0.179 e. The Kier molecular flexibility index (Phi) is 7.93. The highest BCUT2D eigenvalue weighted by molar-refractivity contribution is 6.30. The lowest BCUT2D eigenvalue weighted by Crippen LogP contribution is -2.21. The van der Waals surface area contributed by atoms with Crippen molar-refractivity contribution in [3.05, 3.63) is 35.1 Å². The highest BCUT2D eigenvalue weighted by Gasteiger charge is 2.12. The smallest absolute Gasteiger partial charge is 0.179 e. The second-order valence-corrected chi connectivity index (χ2v) is 4.96. The first-order chi connectivity index (χ1) is 10.2. The van der Waals surface area contributed by atoms with E-state index in [1.807, 2.05) is 38.1 Å². The van der Waals surface area contributed by atoms with Crippen molar-refractivity contribution in [2.45, 2.75) is 40.0 Å². The monoisotopic (exact) mass is 309 g/mol. The van der Waals surface area contributed by atoms with Crippen LogP contribution in [-0.4, -0.2) is 33.3 Å². The highest BCUT2D eigenvalue weighted by Crippen LogP contribution is 2.14. The SMILES string of the molecule is CC.CCCNCC(C)c1nnn(-c2cccc(Cl)c2)n1. The maximum absolute atomic E-state index is 5.95. The number of halogens is 1. The lowest BCUT2D eigenvalue weighted by atomic mass is 10.2. The van der Waals surface area contributed by atoms with Crippen LogP contribution in [0.3, 0.4) is 0 Å².